The summed E-state index contributed by atoms with van der Waals surface area (Å²) in [6.45, 7) is 0. The van der Waals surface area contributed by atoms with Crippen LogP contribution < -0.4 is 5.32 Å². The Morgan fingerprint density at radius 2 is 1.62 bits per heavy atom. The van der Waals surface area contributed by atoms with E-state index in [9.17, 15) is 9.90 Å². The summed E-state index contributed by atoms with van der Waals surface area (Å²) in [5.74, 6) is -0.293. The van der Waals surface area contributed by atoms with Crippen LogP contribution in [0.3, 0.4) is 0 Å². The van der Waals surface area contributed by atoms with Crippen LogP contribution in [0.5, 0.6) is 0 Å². The van der Waals surface area contributed by atoms with Crippen LogP contribution in [0.4, 0.5) is 0 Å². The normalized spacial score (nSPS) is 17.9. The number of hydrogen-bond acceptors (Lipinski definition) is 2. The Kier molecular flexibility index (Phi) is 5.00. The van der Waals surface area contributed by atoms with Gasteiger partial charge in [-0.05, 0) is 30.0 Å². The van der Waals surface area contributed by atoms with Crippen LogP contribution in [-0.4, -0.2) is 23.7 Å². The molecule has 1 aliphatic carbocycles. The quantitative estimate of drug-likeness (QED) is 0.897. The number of carbonyl (C=O) groups is 1. The molecule has 2 aromatic carbocycles. The van der Waals surface area contributed by atoms with Gasteiger partial charge in [-0.25, -0.2) is 0 Å². The van der Waals surface area contributed by atoms with Crippen molar-refractivity contribution in [3.8, 4) is 0 Å². The third-order valence-electron chi connectivity index (χ3n) is 5.13. The Morgan fingerprint density at radius 1 is 1.00 bits per heavy atom. The topological polar surface area (TPSA) is 49.3 Å². The van der Waals surface area contributed by atoms with E-state index in [1.54, 1.807) is 7.05 Å². The molecule has 0 radical (unpaired) electrons. The minimum Gasteiger partial charge on any atom is -0.389 e. The van der Waals surface area contributed by atoms with Crippen molar-refractivity contribution in [3.63, 3.8) is 0 Å². The standard InChI is InChI=1S/C21H25NO2/c1-22-20(23)18-13-7-6-12-17(18)19(16-10-4-2-5-11-16)21(24)14-8-3-9-15-21/h2,4-7,10-13,19,24H,3,8-9,14-15H2,1H3,(H,22,23)/t19-/m1/s1. The predicted octanol–water partition coefficient (Wildman–Crippen LogP) is 3.87. The fourth-order valence-electron chi connectivity index (χ4n) is 3.97. The van der Waals surface area contributed by atoms with Crippen molar-refractivity contribution in [2.75, 3.05) is 7.05 Å². The van der Waals surface area contributed by atoms with E-state index in [1.807, 2.05) is 42.5 Å². The van der Waals surface area contributed by atoms with Gasteiger partial charge in [-0.2, -0.15) is 0 Å². The molecule has 126 valence electrons. The highest BCUT2D eigenvalue weighted by Crippen LogP contribution is 2.44. The van der Waals surface area contributed by atoms with Gasteiger partial charge in [0.2, 0.25) is 0 Å². The Hall–Kier alpha value is -2.13. The first-order chi connectivity index (χ1) is 11.7. The second kappa shape index (κ2) is 7.18. The molecule has 2 N–H and O–H groups in total. The van der Waals surface area contributed by atoms with E-state index in [4.69, 9.17) is 0 Å². The fraction of sp³-hybridized carbons (Fsp3) is 0.381. The number of nitrogens with one attached hydrogen (secondary N) is 1. The summed E-state index contributed by atoms with van der Waals surface area (Å²) in [6.07, 6.45) is 4.77. The van der Waals surface area contributed by atoms with Crippen LogP contribution in [0, 0.1) is 0 Å². The molecule has 0 bridgehead atoms. The molecule has 0 saturated heterocycles. The van der Waals surface area contributed by atoms with Gasteiger partial charge in [0.05, 0.1) is 5.60 Å². The van der Waals surface area contributed by atoms with Gasteiger partial charge >= 0.3 is 0 Å². The maximum Gasteiger partial charge on any atom is 0.251 e. The van der Waals surface area contributed by atoms with Gasteiger partial charge in [-0.3, -0.25) is 4.79 Å². The van der Waals surface area contributed by atoms with Gasteiger partial charge in [-0.15, -0.1) is 0 Å². The smallest absolute Gasteiger partial charge is 0.251 e. The average molecular weight is 323 g/mol. The predicted molar refractivity (Wildman–Crippen MR) is 96.2 cm³/mol. The van der Waals surface area contributed by atoms with Crippen molar-refractivity contribution >= 4 is 5.91 Å². The molecule has 0 unspecified atom stereocenters. The molecule has 1 aliphatic rings. The summed E-state index contributed by atoms with van der Waals surface area (Å²) in [5, 5.41) is 14.2. The van der Waals surface area contributed by atoms with Crippen LogP contribution >= 0.6 is 0 Å². The molecular weight excluding hydrogens is 298 g/mol. The summed E-state index contributed by atoms with van der Waals surface area (Å²) in [4.78, 5) is 12.4. The SMILES string of the molecule is CNC(=O)c1ccccc1[C@@H](c1ccccc1)C1(O)CCCCC1. The van der Waals surface area contributed by atoms with Crippen molar-refractivity contribution in [3.05, 3.63) is 71.3 Å². The Balaban J connectivity index is 2.14. The Labute approximate surface area is 143 Å². The molecule has 1 amide bonds. The first-order valence-corrected chi connectivity index (χ1v) is 8.74. The second-order valence-electron chi connectivity index (χ2n) is 6.67. The number of rotatable bonds is 4. The molecule has 3 rings (SSSR count). The molecule has 0 spiro atoms. The molecular formula is C21H25NO2. The third-order valence-corrected chi connectivity index (χ3v) is 5.13. The molecule has 3 heteroatoms. The largest absolute Gasteiger partial charge is 0.389 e. The average Bonchev–Trinajstić information content (AvgIpc) is 2.63. The van der Waals surface area contributed by atoms with E-state index in [0.717, 1.165) is 36.8 Å². The number of hydrogen-bond donors (Lipinski definition) is 2. The molecule has 1 fully saturated rings. The van der Waals surface area contributed by atoms with Crippen LogP contribution in [0.25, 0.3) is 0 Å². The summed E-state index contributed by atoms with van der Waals surface area (Å²) in [5.41, 5.74) is 1.82. The molecule has 1 atom stereocenters. The molecule has 3 nitrogen and oxygen atoms in total. The lowest BCUT2D eigenvalue weighted by Gasteiger charge is -2.40. The molecule has 0 aromatic heterocycles. The summed E-state index contributed by atoms with van der Waals surface area (Å²) in [7, 11) is 1.64. The maximum absolute atomic E-state index is 12.4. The van der Waals surface area contributed by atoms with E-state index in [2.05, 4.69) is 17.4 Å². The van der Waals surface area contributed by atoms with Crippen LogP contribution in [0.2, 0.25) is 0 Å². The monoisotopic (exact) mass is 323 g/mol. The van der Waals surface area contributed by atoms with Gasteiger partial charge in [0.1, 0.15) is 0 Å². The summed E-state index contributed by atoms with van der Waals surface area (Å²) < 4.78 is 0. The fourth-order valence-corrected chi connectivity index (χ4v) is 3.97. The Morgan fingerprint density at radius 3 is 2.29 bits per heavy atom. The number of carbonyl (C=O) groups excluding carboxylic acids is 1. The lowest BCUT2D eigenvalue weighted by atomic mass is 9.69. The molecule has 24 heavy (non-hydrogen) atoms. The lowest BCUT2D eigenvalue weighted by Crippen LogP contribution is -2.40. The minimum absolute atomic E-state index is 0.106. The van der Waals surface area contributed by atoms with Crippen LogP contribution in [0.1, 0.15) is 59.5 Å². The zero-order chi connectivity index (χ0) is 17.0. The van der Waals surface area contributed by atoms with E-state index < -0.39 is 5.60 Å². The van der Waals surface area contributed by atoms with Crippen molar-refractivity contribution in [2.24, 2.45) is 0 Å². The van der Waals surface area contributed by atoms with E-state index >= 15 is 0 Å². The highest BCUT2D eigenvalue weighted by Gasteiger charge is 2.40. The van der Waals surface area contributed by atoms with E-state index in [0.29, 0.717) is 5.56 Å². The second-order valence-corrected chi connectivity index (χ2v) is 6.67. The van der Waals surface area contributed by atoms with Crippen LogP contribution in [-0.2, 0) is 0 Å². The summed E-state index contributed by atoms with van der Waals surface area (Å²) >= 11 is 0. The number of aliphatic hydroxyl groups is 1. The first kappa shape index (κ1) is 16.7. The van der Waals surface area contributed by atoms with Crippen LogP contribution in [0.15, 0.2) is 54.6 Å². The van der Waals surface area contributed by atoms with E-state index in [1.165, 1.54) is 6.42 Å². The van der Waals surface area contributed by atoms with Crippen molar-refractivity contribution < 1.29 is 9.90 Å². The maximum atomic E-state index is 12.4. The minimum atomic E-state index is -0.802. The molecule has 2 aromatic rings. The Bertz CT molecular complexity index is 690. The zero-order valence-electron chi connectivity index (χ0n) is 14.2. The highest BCUT2D eigenvalue weighted by atomic mass is 16.3. The first-order valence-electron chi connectivity index (χ1n) is 8.74. The van der Waals surface area contributed by atoms with Crippen molar-refractivity contribution in [1.82, 2.24) is 5.32 Å². The third kappa shape index (κ3) is 3.22. The van der Waals surface area contributed by atoms with Crippen molar-refractivity contribution in [1.29, 1.82) is 0 Å². The number of benzene rings is 2. The summed E-state index contributed by atoms with van der Waals surface area (Å²) in [6, 6.07) is 17.7. The molecule has 0 aliphatic heterocycles. The zero-order valence-corrected chi connectivity index (χ0v) is 14.2. The van der Waals surface area contributed by atoms with Gasteiger partial charge in [0.15, 0.2) is 0 Å². The lowest BCUT2D eigenvalue weighted by molar-refractivity contribution is -0.0111. The van der Waals surface area contributed by atoms with E-state index in [-0.39, 0.29) is 11.8 Å². The van der Waals surface area contributed by atoms with Gasteiger partial charge < -0.3 is 10.4 Å². The van der Waals surface area contributed by atoms with Gasteiger partial charge in [0.25, 0.3) is 5.91 Å². The van der Waals surface area contributed by atoms with Gasteiger partial charge in [0, 0.05) is 18.5 Å². The van der Waals surface area contributed by atoms with Gasteiger partial charge in [-0.1, -0.05) is 67.8 Å². The highest BCUT2D eigenvalue weighted by molar-refractivity contribution is 5.95. The molecule has 1 saturated carbocycles. The number of amides is 1. The van der Waals surface area contributed by atoms with Crippen molar-refractivity contribution in [2.45, 2.75) is 43.6 Å². The molecule has 0 heterocycles.